The van der Waals surface area contributed by atoms with E-state index in [-0.39, 0.29) is 6.17 Å². The minimum Gasteiger partial charge on any atom is -0.482 e. The fourth-order valence-electron chi connectivity index (χ4n) is 1.26. The summed E-state index contributed by atoms with van der Waals surface area (Å²) in [6.07, 6.45) is 10.1. The number of nitrogens with zero attached hydrogens (tertiary/aromatic N) is 1. The fourth-order valence-corrected chi connectivity index (χ4v) is 1.26. The normalized spacial score (nSPS) is 26.1. The van der Waals surface area contributed by atoms with Crippen LogP contribution < -0.4 is 5.32 Å². The van der Waals surface area contributed by atoms with Crippen molar-refractivity contribution < 1.29 is 4.74 Å². The Morgan fingerprint density at radius 3 is 3.36 bits per heavy atom. The van der Waals surface area contributed by atoms with Crippen molar-refractivity contribution in [3.63, 3.8) is 0 Å². The molecule has 0 aromatic heterocycles. The molecule has 3 nitrogen and oxygen atoms in total. The molecule has 0 aromatic rings. The summed E-state index contributed by atoms with van der Waals surface area (Å²) in [6.45, 7) is 0. The predicted octanol–water partition coefficient (Wildman–Crippen LogP) is 0.746. The largest absolute Gasteiger partial charge is 0.482 e. The number of hydrogen-bond donors (Lipinski definition) is 1. The molecule has 2 rings (SSSR count). The molecule has 0 aliphatic carbocycles. The zero-order valence-electron chi connectivity index (χ0n) is 6.32. The summed E-state index contributed by atoms with van der Waals surface area (Å²) in [7, 11) is 1.67. The highest BCUT2D eigenvalue weighted by Crippen LogP contribution is 2.18. The third kappa shape index (κ3) is 0.888. The van der Waals surface area contributed by atoms with Gasteiger partial charge in [-0.3, -0.25) is 4.90 Å². The first-order chi connectivity index (χ1) is 5.42. The molecule has 2 heterocycles. The Labute approximate surface area is 65.6 Å². The molecular weight excluding hydrogens is 140 g/mol. The van der Waals surface area contributed by atoms with E-state index in [1.165, 1.54) is 0 Å². The third-order valence-electron chi connectivity index (χ3n) is 1.80. The minimum atomic E-state index is 0.245. The van der Waals surface area contributed by atoms with E-state index >= 15 is 0 Å². The Hall–Kier alpha value is -1.38. The van der Waals surface area contributed by atoms with Crippen LogP contribution in [0.3, 0.4) is 0 Å². The first-order valence-corrected chi connectivity index (χ1v) is 3.55. The maximum absolute atomic E-state index is 5.15. The molecule has 1 N–H and O–H groups in total. The number of allylic oxidation sites excluding steroid dienone is 2. The van der Waals surface area contributed by atoms with Gasteiger partial charge in [0.25, 0.3) is 0 Å². The van der Waals surface area contributed by atoms with Crippen LogP contribution >= 0.6 is 0 Å². The summed E-state index contributed by atoms with van der Waals surface area (Å²) >= 11 is 0. The van der Waals surface area contributed by atoms with Crippen molar-refractivity contribution in [1.29, 1.82) is 0 Å². The van der Waals surface area contributed by atoms with Crippen LogP contribution in [-0.4, -0.2) is 18.2 Å². The molecule has 11 heavy (non-hydrogen) atoms. The average molecular weight is 150 g/mol. The zero-order chi connectivity index (χ0) is 7.68. The van der Waals surface area contributed by atoms with Gasteiger partial charge >= 0.3 is 0 Å². The molecule has 0 radical (unpaired) electrons. The first kappa shape index (κ1) is 6.34. The van der Waals surface area contributed by atoms with Crippen LogP contribution in [0.1, 0.15) is 0 Å². The molecule has 0 aromatic carbocycles. The summed E-state index contributed by atoms with van der Waals surface area (Å²) in [5.41, 5.74) is 0. The van der Waals surface area contributed by atoms with Gasteiger partial charge in [0.15, 0.2) is 5.88 Å². The van der Waals surface area contributed by atoms with E-state index in [0.29, 0.717) is 0 Å². The van der Waals surface area contributed by atoms with Crippen molar-refractivity contribution in [3.8, 4) is 0 Å². The molecule has 1 atom stereocenters. The Morgan fingerprint density at radius 2 is 2.55 bits per heavy atom. The van der Waals surface area contributed by atoms with Gasteiger partial charge in [0.2, 0.25) is 0 Å². The Morgan fingerprint density at radius 1 is 1.64 bits per heavy atom. The number of hydrogen-bond acceptors (Lipinski definition) is 3. The van der Waals surface area contributed by atoms with Crippen LogP contribution in [0.25, 0.3) is 0 Å². The van der Waals surface area contributed by atoms with Gasteiger partial charge in [-0.25, -0.2) is 0 Å². The molecule has 0 fully saturated rings. The molecule has 1 unspecified atom stereocenters. The highest BCUT2D eigenvalue weighted by molar-refractivity contribution is 5.22. The smallest absolute Gasteiger partial charge is 0.195 e. The van der Waals surface area contributed by atoms with Crippen LogP contribution in [0.4, 0.5) is 0 Å². The van der Waals surface area contributed by atoms with Crippen LogP contribution in [0.2, 0.25) is 0 Å². The van der Waals surface area contributed by atoms with E-state index in [4.69, 9.17) is 4.74 Å². The molecule has 2 aliphatic heterocycles. The van der Waals surface area contributed by atoms with E-state index in [1.807, 2.05) is 29.5 Å². The lowest BCUT2D eigenvalue weighted by atomic mass is 10.3. The number of methoxy groups -OCH3 is 1. The maximum atomic E-state index is 5.15. The van der Waals surface area contributed by atoms with E-state index in [9.17, 15) is 0 Å². The van der Waals surface area contributed by atoms with Crippen molar-refractivity contribution in [2.75, 3.05) is 7.11 Å². The fraction of sp³-hybridized carbons (Fsp3) is 0.250. The monoisotopic (exact) mass is 150 g/mol. The summed E-state index contributed by atoms with van der Waals surface area (Å²) in [5.74, 6) is 0.874. The Bertz CT molecular complexity index is 242. The minimum absolute atomic E-state index is 0.245. The van der Waals surface area contributed by atoms with Crippen LogP contribution in [0.15, 0.2) is 36.5 Å². The third-order valence-corrected chi connectivity index (χ3v) is 1.80. The molecule has 0 saturated heterocycles. The highest BCUT2D eigenvalue weighted by Gasteiger charge is 2.21. The lowest BCUT2D eigenvalue weighted by molar-refractivity contribution is 0.171. The van der Waals surface area contributed by atoms with Crippen molar-refractivity contribution in [3.05, 3.63) is 36.5 Å². The van der Waals surface area contributed by atoms with Crippen molar-refractivity contribution >= 4 is 0 Å². The summed E-state index contributed by atoms with van der Waals surface area (Å²) in [5, 5.41) is 3.16. The SMILES string of the molecule is COC1=CC=CC2NC=CN12. The van der Waals surface area contributed by atoms with E-state index in [0.717, 1.165) is 5.88 Å². The van der Waals surface area contributed by atoms with E-state index in [2.05, 4.69) is 11.4 Å². The summed E-state index contributed by atoms with van der Waals surface area (Å²) in [6, 6.07) is 0. The van der Waals surface area contributed by atoms with Gasteiger partial charge in [0.1, 0.15) is 6.17 Å². The quantitative estimate of drug-likeness (QED) is 0.597. The summed E-state index contributed by atoms with van der Waals surface area (Å²) < 4.78 is 5.15. The van der Waals surface area contributed by atoms with Crippen LogP contribution in [0.5, 0.6) is 0 Å². The average Bonchev–Trinajstić information content (AvgIpc) is 2.50. The second-order valence-electron chi connectivity index (χ2n) is 2.43. The molecule has 0 saturated carbocycles. The summed E-state index contributed by atoms with van der Waals surface area (Å²) in [4.78, 5) is 2.03. The van der Waals surface area contributed by atoms with Gasteiger partial charge in [-0.1, -0.05) is 6.08 Å². The zero-order valence-corrected chi connectivity index (χ0v) is 6.32. The standard InChI is InChI=1S/C8H10N2O/c1-11-8-4-2-3-7-9-5-6-10(7)8/h2-7,9H,1H3. The number of rotatable bonds is 1. The number of nitrogens with one attached hydrogen (secondary N) is 1. The lowest BCUT2D eigenvalue weighted by Gasteiger charge is -2.26. The van der Waals surface area contributed by atoms with E-state index < -0.39 is 0 Å². The Balaban J connectivity index is 2.25. The molecule has 0 amide bonds. The first-order valence-electron chi connectivity index (χ1n) is 3.55. The molecule has 0 bridgehead atoms. The van der Waals surface area contributed by atoms with Gasteiger partial charge in [-0.15, -0.1) is 0 Å². The second-order valence-corrected chi connectivity index (χ2v) is 2.43. The van der Waals surface area contributed by atoms with Gasteiger partial charge < -0.3 is 10.1 Å². The van der Waals surface area contributed by atoms with Gasteiger partial charge in [-0.05, 0) is 12.2 Å². The number of fused-ring (bicyclic) bond motifs is 1. The second kappa shape index (κ2) is 2.34. The predicted molar refractivity (Wildman–Crippen MR) is 42.1 cm³/mol. The van der Waals surface area contributed by atoms with E-state index in [1.54, 1.807) is 7.11 Å². The van der Waals surface area contributed by atoms with Crippen molar-refractivity contribution in [1.82, 2.24) is 10.2 Å². The van der Waals surface area contributed by atoms with Crippen molar-refractivity contribution in [2.45, 2.75) is 6.17 Å². The molecule has 0 spiro atoms. The van der Waals surface area contributed by atoms with Gasteiger partial charge in [0, 0.05) is 12.4 Å². The molecular formula is C8H10N2O. The molecule has 2 aliphatic rings. The number of ether oxygens (including phenoxy) is 1. The van der Waals surface area contributed by atoms with Gasteiger partial charge in [-0.2, -0.15) is 0 Å². The maximum Gasteiger partial charge on any atom is 0.195 e. The highest BCUT2D eigenvalue weighted by atomic mass is 16.5. The van der Waals surface area contributed by atoms with Crippen LogP contribution in [-0.2, 0) is 4.74 Å². The lowest BCUT2D eigenvalue weighted by Crippen LogP contribution is -2.34. The molecule has 58 valence electrons. The van der Waals surface area contributed by atoms with Crippen LogP contribution in [0, 0.1) is 0 Å². The Kier molecular flexibility index (Phi) is 1.35. The molecule has 3 heteroatoms. The topological polar surface area (TPSA) is 24.5 Å². The van der Waals surface area contributed by atoms with Crippen molar-refractivity contribution in [2.24, 2.45) is 0 Å². The van der Waals surface area contributed by atoms with Gasteiger partial charge in [0.05, 0.1) is 7.11 Å².